The van der Waals surface area contributed by atoms with Crippen molar-refractivity contribution in [2.24, 2.45) is 4.99 Å². The Hall–Kier alpha value is -16.8. The third-order valence-electron chi connectivity index (χ3n) is 17.8. The van der Waals surface area contributed by atoms with E-state index in [4.69, 9.17) is 43.5 Å². The first-order valence-electron chi connectivity index (χ1n) is 38.8. The molecule has 9 N–H and O–H groups in total. The lowest BCUT2D eigenvalue weighted by Gasteiger charge is -2.13. The van der Waals surface area contributed by atoms with Crippen molar-refractivity contribution in [3.63, 3.8) is 0 Å². The number of hydrogen-bond acceptors (Lipinski definition) is 36. The van der Waals surface area contributed by atoms with E-state index >= 15 is 0 Å². The number of alkyl halides is 2. The molecule has 137 heavy (non-hydrogen) atoms. The van der Waals surface area contributed by atoms with Crippen LogP contribution in [0.25, 0.3) is 45.2 Å². The Morgan fingerprint density at radius 2 is 0.730 bits per heavy atom. The highest BCUT2D eigenvalue weighted by atomic mass is 127. The normalized spacial score (nSPS) is 10.7. The standard InChI is InChI=1S/2C17H11ClF2N6O.C17H11F3N6O.C16H10I2N6O.C12H9F2N3O.C7H6N2O4/c3*1-8-2-4-12(10(19)6-8)21-14-15(24-17-16(23-14)25-27-26-17)22-13-5-3-9(18)7-11(13)20;17-9-5-1-3-7-11(9)19-13-14(20-12-8-4-2-6-10(12)18)22-16-15(21-13)23-25-24-16;1-12(13,14)18-11-4-2-9(3-5-11)8-17-10(6-15)7-16;1-8(11)6-4-5(9(12)13)2-3-7(6)10/h3*2-7H,1H3,(H,21,23,25)(H,22,24,26);1-8H,(H,19,21,23)(H,20,22,24);2-5H,8H2,1H3;2-4H,1H3/p+1. The summed E-state index contributed by atoms with van der Waals surface area (Å²) in [6.45, 7) is 6.09. The maximum absolute atomic E-state index is 14.2. The number of aliphatic imine (C=N–C) groups is 1. The zero-order valence-electron chi connectivity index (χ0n) is 70.3. The van der Waals surface area contributed by atoms with E-state index in [0.29, 0.717) is 40.2 Å². The molecule has 0 amide bonds. The fourth-order valence-electron chi connectivity index (χ4n) is 11.3. The molecule has 18 rings (SSSR count). The molecule has 8 heterocycles. The third kappa shape index (κ3) is 26.6. The smallest absolute Gasteiger partial charge is 0.394 e. The lowest BCUT2D eigenvalue weighted by molar-refractivity contribution is -0.430. The van der Waals surface area contributed by atoms with Crippen LogP contribution >= 0.6 is 68.4 Å². The number of nitrogens with zero attached hydrogens (tertiary/aromatic N) is 21. The average Bonchev–Trinajstić information content (AvgIpc) is 1.73. The summed E-state index contributed by atoms with van der Waals surface area (Å²) >= 11 is 16.1. The third-order valence-corrected chi connectivity index (χ3v) is 20.1. The van der Waals surface area contributed by atoms with Crippen LogP contribution < -0.4 is 47.3 Å². The number of phenolic OH excluding ortho intramolecular Hbond substituents is 1. The molecular formula is C86H59Cl2F9I2N29O9+. The van der Waals surface area contributed by atoms with E-state index in [1.54, 1.807) is 63.2 Å². The van der Waals surface area contributed by atoms with Gasteiger partial charge in [0.15, 0.2) is 59.3 Å². The molecule has 0 aliphatic heterocycles. The Kier molecular flexibility index (Phi) is 31.8. The van der Waals surface area contributed by atoms with Gasteiger partial charge in [0.05, 0.1) is 63.0 Å². The summed E-state index contributed by atoms with van der Waals surface area (Å²) in [4.78, 5) is 58.3. The van der Waals surface area contributed by atoms with Gasteiger partial charge in [-0.25, -0.2) is 89.1 Å². The number of non-ortho nitro benzene ring substituents is 1. The van der Waals surface area contributed by atoms with Gasteiger partial charge in [-0.15, -0.1) is 0 Å². The van der Waals surface area contributed by atoms with E-state index in [0.717, 1.165) is 84.7 Å². The molecule has 0 aliphatic rings. The summed E-state index contributed by atoms with van der Waals surface area (Å²) in [5.41, 5.74) is 6.20. The van der Waals surface area contributed by atoms with Crippen molar-refractivity contribution in [2.75, 3.05) is 49.6 Å². The Morgan fingerprint density at radius 3 is 1.01 bits per heavy atom. The van der Waals surface area contributed by atoms with Crippen molar-refractivity contribution >= 4 is 223 Å². The van der Waals surface area contributed by atoms with Crippen LogP contribution in [0.3, 0.4) is 0 Å². The number of benzene rings is 10. The molecular weight excluding hydrogens is 2080 g/mol. The second-order valence-electron chi connectivity index (χ2n) is 28.0. The van der Waals surface area contributed by atoms with Crippen molar-refractivity contribution in [1.29, 1.82) is 10.5 Å². The van der Waals surface area contributed by atoms with Gasteiger partial charge < -0.3 is 52.4 Å². The topological polar surface area (TPSA) is 508 Å². The molecule has 51 heteroatoms. The van der Waals surface area contributed by atoms with Gasteiger partial charge in [0.25, 0.3) is 5.69 Å². The van der Waals surface area contributed by atoms with Gasteiger partial charge in [0.2, 0.25) is 50.9 Å². The fraction of sp³-hybridized carbons (Fsp3) is 0.0814. The van der Waals surface area contributed by atoms with Crippen molar-refractivity contribution in [3.05, 3.63) is 295 Å². The highest BCUT2D eigenvalue weighted by Crippen LogP contribution is 2.37. The van der Waals surface area contributed by atoms with Crippen molar-refractivity contribution in [1.82, 2.24) is 81.1 Å². The minimum absolute atomic E-state index is 0.0312. The van der Waals surface area contributed by atoms with Gasteiger partial charge >= 0.3 is 11.8 Å². The number of fused-ring (bicyclic) bond motifs is 4. The monoisotopic (exact) mass is 2140 g/mol. The number of rotatable bonds is 22. The molecule has 10 aromatic carbocycles. The molecule has 0 fully saturated rings. The first-order valence-corrected chi connectivity index (χ1v) is 41.8. The van der Waals surface area contributed by atoms with Crippen LogP contribution in [0, 0.1) is 106 Å². The predicted molar refractivity (Wildman–Crippen MR) is 501 cm³/mol. The van der Waals surface area contributed by atoms with Crippen LogP contribution in [-0.2, 0) is 6.54 Å². The van der Waals surface area contributed by atoms with Gasteiger partial charge in [-0.3, -0.25) is 15.1 Å². The predicted octanol–water partition coefficient (Wildman–Crippen LogP) is 22.4. The van der Waals surface area contributed by atoms with Gasteiger partial charge in [0.1, 0.15) is 58.6 Å². The number of nitro benzene ring substituents is 1. The van der Waals surface area contributed by atoms with E-state index in [1.165, 1.54) is 78.9 Å². The number of nitro groups is 1. The van der Waals surface area contributed by atoms with Gasteiger partial charge in [-0.05, 0) is 257 Å². The molecule has 0 bridgehead atoms. The van der Waals surface area contributed by atoms with Crippen LogP contribution in [-0.4, -0.2) is 115 Å². The summed E-state index contributed by atoms with van der Waals surface area (Å²) in [6, 6.07) is 53.4. The number of halogens is 13. The summed E-state index contributed by atoms with van der Waals surface area (Å²) in [7, 11) is 1.15. The first kappa shape index (κ1) is 97.7. The minimum Gasteiger partial charge on any atom is -0.502 e. The zero-order chi connectivity index (χ0) is 97.7. The number of hydrogen-bond donors (Lipinski definition) is 9. The molecule has 0 spiro atoms. The molecule has 0 atom stereocenters. The number of nitroso groups, excluding NO2 is 1. The molecule has 0 saturated heterocycles. The number of aromatic hydroxyl groups is 1. The van der Waals surface area contributed by atoms with Crippen LogP contribution in [0.15, 0.2) is 224 Å². The lowest BCUT2D eigenvalue weighted by Crippen LogP contribution is -2.18. The van der Waals surface area contributed by atoms with Crippen LogP contribution in [0.4, 0.5) is 143 Å². The molecule has 18 aromatic rings. The maximum atomic E-state index is 14.2. The highest BCUT2D eigenvalue weighted by molar-refractivity contribution is 14.1. The maximum Gasteiger partial charge on any atom is 0.394 e. The number of anilines is 16. The largest absolute Gasteiger partial charge is 0.502 e. The second kappa shape index (κ2) is 44.6. The average molecular weight is 2140 g/mol. The zero-order valence-corrected chi connectivity index (χ0v) is 76.1. The number of ether oxygens (including phenoxy) is 1. The van der Waals surface area contributed by atoms with Crippen molar-refractivity contribution < 1.29 is 77.6 Å². The molecule has 0 aliphatic carbocycles. The molecule has 692 valence electrons. The number of phenols is 1. The van der Waals surface area contributed by atoms with Crippen molar-refractivity contribution in [2.45, 2.75) is 40.3 Å². The SMILES string of the molecule is CC(F)(F)Oc1ccc(CN=C(C#N)C#N)cc1.C[N+](=O)c1cc([N+](=O)[O-])ccc1O.Cc1ccc(Nc2nc3nonc3nc2Nc2ccc(Cl)cc2F)c(F)c1.Cc1ccc(Nc2nc3nonc3nc2Nc2ccc(Cl)cc2F)c(F)c1.Cc1ccc(Nc2nc3nonc3nc2Nc2ccc(F)cc2F)c(F)c1.Ic1ccccc1Nc1nc2nonc2nc1Nc1ccccc1I. The number of nitrogens with one attached hydrogen (secondary N) is 8. The summed E-state index contributed by atoms with van der Waals surface area (Å²) < 4.78 is 148. The Balaban J connectivity index is 0.000000141. The van der Waals surface area contributed by atoms with E-state index in [9.17, 15) is 54.5 Å². The summed E-state index contributed by atoms with van der Waals surface area (Å²) in [5, 5.41) is 89.4. The molecule has 8 aromatic heterocycles. The molecule has 0 radical (unpaired) electrons. The van der Waals surface area contributed by atoms with E-state index in [-0.39, 0.29) is 148 Å². The number of para-hydroxylation sites is 2. The number of aromatic nitrogens is 16. The lowest BCUT2D eigenvalue weighted by atomic mass is 10.2. The Labute approximate surface area is 800 Å². The fourth-order valence-corrected chi connectivity index (χ4v) is 12.7. The molecule has 0 unspecified atom stereocenters. The summed E-state index contributed by atoms with van der Waals surface area (Å²) in [5.74, 6) is -2.77. The molecule has 0 saturated carbocycles. The minimum atomic E-state index is -3.23. The van der Waals surface area contributed by atoms with Gasteiger partial charge in [-0.1, -0.05) is 77.8 Å². The van der Waals surface area contributed by atoms with Crippen molar-refractivity contribution in [3.8, 4) is 23.6 Å². The second-order valence-corrected chi connectivity index (χ2v) is 31.2. The van der Waals surface area contributed by atoms with Crippen LogP contribution in [0.5, 0.6) is 11.5 Å². The van der Waals surface area contributed by atoms with Gasteiger partial charge in [-0.2, -0.15) is 19.3 Å². The van der Waals surface area contributed by atoms with E-state index in [1.807, 2.05) is 48.5 Å². The van der Waals surface area contributed by atoms with Gasteiger partial charge in [0, 0.05) is 45.9 Å². The van der Waals surface area contributed by atoms with E-state index in [2.05, 4.69) is 192 Å². The number of aryl methyl sites for hydroxylation is 3. The van der Waals surface area contributed by atoms with E-state index < -0.39 is 51.8 Å². The quantitative estimate of drug-likeness (QED) is 0.00760. The van der Waals surface area contributed by atoms with Crippen LogP contribution in [0.1, 0.15) is 29.2 Å². The molecule has 38 nitrogen and oxygen atoms in total. The Morgan fingerprint density at radius 1 is 0.431 bits per heavy atom. The number of nitriles is 2. The Bertz CT molecular complexity index is 6840. The first-order chi connectivity index (χ1) is 65.6. The summed E-state index contributed by atoms with van der Waals surface area (Å²) in [6.07, 6.45) is -3.23. The highest BCUT2D eigenvalue weighted by Gasteiger charge is 2.26. The van der Waals surface area contributed by atoms with Crippen LogP contribution in [0.2, 0.25) is 10.0 Å².